The number of benzene rings is 2. The van der Waals surface area contributed by atoms with E-state index in [2.05, 4.69) is 25.5 Å². The number of aryl methyl sites for hydroxylation is 1. The molecule has 0 atom stereocenters. The quantitative estimate of drug-likeness (QED) is 0.440. The number of hydrogen-bond acceptors (Lipinski definition) is 4. The molecule has 2 heterocycles. The van der Waals surface area contributed by atoms with Crippen LogP contribution in [-0.4, -0.2) is 37.2 Å². The van der Waals surface area contributed by atoms with E-state index in [1.54, 1.807) is 4.57 Å². The van der Waals surface area contributed by atoms with Gasteiger partial charge in [-0.15, -0.1) is 0 Å². The highest BCUT2D eigenvalue weighted by atomic mass is 32.1. The highest BCUT2D eigenvalue weighted by molar-refractivity contribution is 7.71. The van der Waals surface area contributed by atoms with Crippen molar-refractivity contribution in [2.75, 3.05) is 6.54 Å². The van der Waals surface area contributed by atoms with Crippen molar-refractivity contribution in [2.45, 2.75) is 19.9 Å². The largest absolute Gasteiger partial charge is 0.354 e. The van der Waals surface area contributed by atoms with Crippen molar-refractivity contribution in [1.29, 1.82) is 0 Å². The first kappa shape index (κ1) is 18.1. The molecule has 4 rings (SSSR count). The van der Waals surface area contributed by atoms with Crippen LogP contribution in [0.25, 0.3) is 22.4 Å². The van der Waals surface area contributed by atoms with Crippen LogP contribution in [0.5, 0.6) is 0 Å². The monoisotopic (exact) mass is 392 g/mol. The predicted octanol–water partition coefficient (Wildman–Crippen LogP) is 3.15. The summed E-state index contributed by atoms with van der Waals surface area (Å²) in [6.07, 6.45) is 0.627. The van der Waals surface area contributed by atoms with Gasteiger partial charge in [0.1, 0.15) is 12.4 Å². The third kappa shape index (κ3) is 3.86. The topological polar surface area (TPSA) is 91.4 Å². The molecular weight excluding hydrogens is 372 g/mol. The van der Waals surface area contributed by atoms with Crippen LogP contribution in [-0.2, 0) is 17.8 Å². The summed E-state index contributed by atoms with van der Waals surface area (Å²) in [5.74, 6) is 1.38. The second kappa shape index (κ2) is 7.77. The molecule has 0 saturated carbocycles. The lowest BCUT2D eigenvalue weighted by Gasteiger charge is -2.08. The Morgan fingerprint density at radius 3 is 2.75 bits per heavy atom. The van der Waals surface area contributed by atoms with Gasteiger partial charge in [-0.25, -0.2) is 4.98 Å². The fourth-order valence-electron chi connectivity index (χ4n) is 3.03. The highest BCUT2D eigenvalue weighted by Crippen LogP contribution is 2.17. The lowest BCUT2D eigenvalue weighted by Crippen LogP contribution is -2.29. The van der Waals surface area contributed by atoms with Crippen molar-refractivity contribution in [1.82, 2.24) is 30.0 Å². The maximum Gasteiger partial charge on any atom is 0.240 e. The maximum absolute atomic E-state index is 12.4. The minimum absolute atomic E-state index is 0.110. The van der Waals surface area contributed by atoms with Crippen LogP contribution in [0.2, 0.25) is 0 Å². The van der Waals surface area contributed by atoms with E-state index >= 15 is 0 Å². The van der Waals surface area contributed by atoms with Crippen molar-refractivity contribution in [2.24, 2.45) is 0 Å². The summed E-state index contributed by atoms with van der Waals surface area (Å²) in [5.41, 5.74) is 3.99. The Bertz CT molecular complexity index is 1140. The fraction of sp³-hybridized carbons (Fsp3) is 0.200. The standard InChI is InChI=1S/C20H20N6OS/c1-13-6-8-14(9-7-13)19-24-25-20(28)26(19)12-18(27)21-11-10-17-22-15-4-2-3-5-16(15)23-17/h2-9H,10-12H2,1H3,(H,21,27)(H,22,23)(H,25,28). The third-order valence-corrected chi connectivity index (χ3v) is 4.80. The summed E-state index contributed by atoms with van der Waals surface area (Å²) in [6.45, 7) is 2.62. The number of fused-ring (bicyclic) bond motifs is 1. The number of H-pyrrole nitrogens is 2. The Labute approximate surface area is 166 Å². The summed E-state index contributed by atoms with van der Waals surface area (Å²) >= 11 is 5.29. The molecule has 0 aliphatic heterocycles. The zero-order valence-electron chi connectivity index (χ0n) is 15.4. The number of aromatic amines is 2. The molecule has 142 valence electrons. The number of nitrogens with one attached hydrogen (secondary N) is 3. The van der Waals surface area contributed by atoms with Gasteiger partial charge in [0.15, 0.2) is 10.6 Å². The van der Waals surface area contributed by atoms with Crippen LogP contribution in [0.3, 0.4) is 0 Å². The van der Waals surface area contributed by atoms with Gasteiger partial charge in [0, 0.05) is 18.5 Å². The molecular formula is C20H20N6OS. The normalized spacial score (nSPS) is 11.0. The number of imidazole rings is 1. The zero-order chi connectivity index (χ0) is 19.5. The van der Waals surface area contributed by atoms with E-state index in [0.717, 1.165) is 28.0 Å². The first-order chi connectivity index (χ1) is 13.6. The van der Waals surface area contributed by atoms with Gasteiger partial charge in [0.25, 0.3) is 0 Å². The first-order valence-corrected chi connectivity index (χ1v) is 9.43. The van der Waals surface area contributed by atoms with Gasteiger partial charge in [0.2, 0.25) is 5.91 Å². The number of hydrogen-bond donors (Lipinski definition) is 3. The summed E-state index contributed by atoms with van der Waals surface area (Å²) in [5, 5.41) is 9.97. The molecule has 2 aromatic carbocycles. The second-order valence-corrected chi connectivity index (χ2v) is 6.99. The molecule has 0 saturated heterocycles. The van der Waals surface area contributed by atoms with Gasteiger partial charge in [0.05, 0.1) is 11.0 Å². The number of amides is 1. The number of para-hydroxylation sites is 2. The molecule has 0 aliphatic carbocycles. The average molecular weight is 392 g/mol. The second-order valence-electron chi connectivity index (χ2n) is 6.61. The van der Waals surface area contributed by atoms with Crippen LogP contribution < -0.4 is 5.32 Å². The molecule has 0 radical (unpaired) electrons. The molecule has 3 N–H and O–H groups in total. The summed E-state index contributed by atoms with van der Waals surface area (Å²) in [6, 6.07) is 15.8. The van der Waals surface area contributed by atoms with Gasteiger partial charge < -0.3 is 10.3 Å². The Morgan fingerprint density at radius 1 is 1.18 bits per heavy atom. The Hall–Kier alpha value is -3.26. The van der Waals surface area contributed by atoms with Crippen molar-refractivity contribution < 1.29 is 4.79 Å². The Balaban J connectivity index is 1.39. The van der Waals surface area contributed by atoms with Crippen molar-refractivity contribution in [3.8, 4) is 11.4 Å². The number of nitrogens with zero attached hydrogens (tertiary/aromatic N) is 3. The molecule has 0 fully saturated rings. The molecule has 7 nitrogen and oxygen atoms in total. The Morgan fingerprint density at radius 2 is 1.96 bits per heavy atom. The zero-order valence-corrected chi connectivity index (χ0v) is 16.2. The van der Waals surface area contributed by atoms with Gasteiger partial charge >= 0.3 is 0 Å². The molecule has 1 amide bonds. The van der Waals surface area contributed by atoms with Crippen LogP contribution in [0.1, 0.15) is 11.4 Å². The first-order valence-electron chi connectivity index (χ1n) is 9.03. The molecule has 8 heteroatoms. The average Bonchev–Trinajstić information content (AvgIpc) is 3.26. The van der Waals surface area contributed by atoms with E-state index in [-0.39, 0.29) is 12.5 Å². The van der Waals surface area contributed by atoms with Crippen LogP contribution in [0.15, 0.2) is 48.5 Å². The van der Waals surface area contributed by atoms with Gasteiger partial charge in [-0.05, 0) is 31.3 Å². The molecule has 0 spiro atoms. The summed E-state index contributed by atoms with van der Waals surface area (Å²) < 4.78 is 2.12. The predicted molar refractivity (Wildman–Crippen MR) is 110 cm³/mol. The van der Waals surface area contributed by atoms with E-state index < -0.39 is 0 Å². The van der Waals surface area contributed by atoms with E-state index in [0.29, 0.717) is 23.6 Å². The van der Waals surface area contributed by atoms with Crippen molar-refractivity contribution >= 4 is 29.2 Å². The number of aromatic nitrogens is 5. The molecule has 2 aromatic heterocycles. The maximum atomic E-state index is 12.4. The number of rotatable bonds is 6. The van der Waals surface area contributed by atoms with Crippen LogP contribution in [0.4, 0.5) is 0 Å². The van der Waals surface area contributed by atoms with Crippen LogP contribution in [0, 0.1) is 11.7 Å². The number of carbonyl (C=O) groups excluding carboxylic acids is 1. The van der Waals surface area contributed by atoms with E-state index in [9.17, 15) is 4.79 Å². The van der Waals surface area contributed by atoms with Gasteiger partial charge in [-0.1, -0.05) is 42.0 Å². The molecule has 0 aliphatic rings. The van der Waals surface area contributed by atoms with E-state index in [4.69, 9.17) is 12.2 Å². The lowest BCUT2D eigenvalue weighted by atomic mass is 10.1. The van der Waals surface area contributed by atoms with Crippen molar-refractivity contribution in [3.05, 3.63) is 64.7 Å². The van der Waals surface area contributed by atoms with E-state index in [1.807, 2.05) is 55.5 Å². The Kier molecular flexibility index (Phi) is 5.03. The van der Waals surface area contributed by atoms with Crippen molar-refractivity contribution in [3.63, 3.8) is 0 Å². The lowest BCUT2D eigenvalue weighted by molar-refractivity contribution is -0.121. The summed E-state index contributed by atoms with van der Waals surface area (Å²) in [7, 11) is 0. The van der Waals surface area contributed by atoms with Gasteiger partial charge in [-0.3, -0.25) is 14.5 Å². The molecule has 0 unspecified atom stereocenters. The van der Waals surface area contributed by atoms with Gasteiger partial charge in [-0.2, -0.15) is 5.10 Å². The van der Waals surface area contributed by atoms with Crippen LogP contribution >= 0.6 is 12.2 Å². The minimum Gasteiger partial charge on any atom is -0.354 e. The molecule has 0 bridgehead atoms. The third-order valence-electron chi connectivity index (χ3n) is 4.49. The SMILES string of the molecule is Cc1ccc(-c2n[nH]c(=S)n2CC(=O)NCCc2nc3ccccc3[nH]2)cc1. The minimum atomic E-state index is -0.123. The summed E-state index contributed by atoms with van der Waals surface area (Å²) in [4.78, 5) is 20.2. The molecule has 4 aromatic rings. The smallest absolute Gasteiger partial charge is 0.240 e. The molecule has 28 heavy (non-hydrogen) atoms. The fourth-order valence-corrected chi connectivity index (χ4v) is 3.23. The number of carbonyl (C=O) groups is 1. The highest BCUT2D eigenvalue weighted by Gasteiger charge is 2.12. The van der Waals surface area contributed by atoms with E-state index in [1.165, 1.54) is 0 Å².